The summed E-state index contributed by atoms with van der Waals surface area (Å²) in [7, 11) is 0. The molecule has 2 amide bonds. The molecule has 1 atom stereocenters. The van der Waals surface area contributed by atoms with E-state index in [0.29, 0.717) is 18.9 Å². The minimum absolute atomic E-state index is 0.0000390. The number of nitrogens with one attached hydrogen (secondary N) is 1. The third-order valence-corrected chi connectivity index (χ3v) is 6.21. The summed E-state index contributed by atoms with van der Waals surface area (Å²) < 4.78 is 0. The molecule has 1 saturated heterocycles. The van der Waals surface area contributed by atoms with Gasteiger partial charge < -0.3 is 10.2 Å². The maximum Gasteiger partial charge on any atom is 0.229 e. The maximum absolute atomic E-state index is 13.0. The van der Waals surface area contributed by atoms with Gasteiger partial charge >= 0.3 is 0 Å². The molecule has 0 aliphatic carbocycles. The molecule has 1 heterocycles. The Kier molecular flexibility index (Phi) is 6.36. The number of carbonyl (C=O) groups is 2. The molecule has 0 radical (unpaired) electrons. The Balaban J connectivity index is 1.39. The molecule has 4 nitrogen and oxygen atoms in total. The second-order valence-corrected chi connectivity index (χ2v) is 8.76. The van der Waals surface area contributed by atoms with Crippen LogP contribution in [0.5, 0.6) is 0 Å². The summed E-state index contributed by atoms with van der Waals surface area (Å²) in [5.74, 6) is 0.384. The predicted octanol–water partition coefficient (Wildman–Crippen LogP) is 5.38. The van der Waals surface area contributed by atoms with Crippen LogP contribution in [0.25, 0.3) is 10.8 Å². The van der Waals surface area contributed by atoms with Crippen LogP contribution in [0.4, 0.5) is 5.69 Å². The average Bonchev–Trinajstić information content (AvgIpc) is 2.79. The molecule has 4 heteroatoms. The van der Waals surface area contributed by atoms with Gasteiger partial charge in [-0.3, -0.25) is 9.59 Å². The van der Waals surface area contributed by atoms with Gasteiger partial charge in [-0.1, -0.05) is 68.4 Å². The Hall–Kier alpha value is -3.14. The van der Waals surface area contributed by atoms with Gasteiger partial charge in [0.2, 0.25) is 11.8 Å². The topological polar surface area (TPSA) is 49.4 Å². The number of hydrogen-bond acceptors (Lipinski definition) is 2. The molecule has 0 spiro atoms. The smallest absolute Gasteiger partial charge is 0.229 e. The fourth-order valence-corrected chi connectivity index (χ4v) is 4.33. The Morgan fingerprint density at radius 2 is 1.74 bits per heavy atom. The van der Waals surface area contributed by atoms with Crippen molar-refractivity contribution in [3.8, 4) is 0 Å². The largest absolute Gasteiger partial charge is 0.342 e. The van der Waals surface area contributed by atoms with E-state index in [1.54, 1.807) is 0 Å². The van der Waals surface area contributed by atoms with Crippen molar-refractivity contribution < 1.29 is 9.59 Å². The standard InChI is InChI=1S/C27H30N2O2/c1-19(2)20-12-14-24(15-13-20)28-27(31)23-10-6-16-29(18-23)26(30)17-22-9-5-8-21-7-3-4-11-25(21)22/h3-5,7-9,11-15,19,23H,6,10,16-18H2,1-2H3,(H,28,31)/t23-/m0/s1. The molecule has 160 valence electrons. The second kappa shape index (κ2) is 9.34. The van der Waals surface area contributed by atoms with Gasteiger partial charge in [-0.05, 0) is 52.8 Å². The van der Waals surface area contributed by atoms with Crippen molar-refractivity contribution in [3.63, 3.8) is 0 Å². The van der Waals surface area contributed by atoms with Crippen LogP contribution in [0.3, 0.4) is 0 Å². The number of amides is 2. The van der Waals surface area contributed by atoms with Gasteiger partial charge in [-0.15, -0.1) is 0 Å². The van der Waals surface area contributed by atoms with E-state index in [0.717, 1.165) is 41.4 Å². The number of fused-ring (bicyclic) bond motifs is 1. The molecule has 0 unspecified atom stereocenters. The van der Waals surface area contributed by atoms with E-state index in [1.807, 2.05) is 41.3 Å². The Morgan fingerprint density at radius 3 is 2.52 bits per heavy atom. The molecule has 3 aromatic carbocycles. The van der Waals surface area contributed by atoms with Gasteiger partial charge in [0.25, 0.3) is 0 Å². The van der Waals surface area contributed by atoms with Crippen molar-refractivity contribution in [3.05, 3.63) is 77.9 Å². The highest BCUT2D eigenvalue weighted by molar-refractivity contribution is 5.94. The van der Waals surface area contributed by atoms with Crippen LogP contribution >= 0.6 is 0 Å². The first-order valence-corrected chi connectivity index (χ1v) is 11.2. The van der Waals surface area contributed by atoms with E-state index >= 15 is 0 Å². The molecular weight excluding hydrogens is 384 g/mol. The molecular formula is C27H30N2O2. The van der Waals surface area contributed by atoms with Gasteiger partial charge in [0.05, 0.1) is 12.3 Å². The van der Waals surface area contributed by atoms with E-state index in [-0.39, 0.29) is 17.7 Å². The van der Waals surface area contributed by atoms with E-state index in [1.165, 1.54) is 5.56 Å². The normalized spacial score (nSPS) is 16.5. The molecule has 31 heavy (non-hydrogen) atoms. The van der Waals surface area contributed by atoms with Crippen molar-refractivity contribution in [2.24, 2.45) is 5.92 Å². The van der Waals surface area contributed by atoms with Crippen LogP contribution in [0.15, 0.2) is 66.7 Å². The number of nitrogens with zero attached hydrogens (tertiary/aromatic N) is 1. The summed E-state index contributed by atoms with van der Waals surface area (Å²) in [6, 6.07) is 22.3. The van der Waals surface area contributed by atoms with Crippen molar-refractivity contribution in [2.45, 2.75) is 39.0 Å². The molecule has 1 N–H and O–H groups in total. The van der Waals surface area contributed by atoms with Crippen molar-refractivity contribution >= 4 is 28.3 Å². The Bertz CT molecular complexity index is 1070. The summed E-state index contributed by atoms with van der Waals surface area (Å²) in [6.07, 6.45) is 2.03. The van der Waals surface area contributed by atoms with Crippen molar-refractivity contribution in [1.82, 2.24) is 4.90 Å². The maximum atomic E-state index is 13.0. The third-order valence-electron chi connectivity index (χ3n) is 6.21. The van der Waals surface area contributed by atoms with Crippen LogP contribution in [0.1, 0.15) is 43.7 Å². The first-order chi connectivity index (χ1) is 15.0. The van der Waals surface area contributed by atoms with E-state index < -0.39 is 0 Å². The fourth-order valence-electron chi connectivity index (χ4n) is 4.33. The van der Waals surface area contributed by atoms with Crippen LogP contribution in [-0.4, -0.2) is 29.8 Å². The molecule has 0 saturated carbocycles. The van der Waals surface area contributed by atoms with Crippen molar-refractivity contribution in [2.75, 3.05) is 18.4 Å². The summed E-state index contributed by atoms with van der Waals surface area (Å²) >= 11 is 0. The van der Waals surface area contributed by atoms with Gasteiger partial charge in [-0.25, -0.2) is 0 Å². The Morgan fingerprint density at radius 1 is 1.00 bits per heavy atom. The molecule has 1 aliphatic rings. The lowest BCUT2D eigenvalue weighted by atomic mass is 9.95. The average molecular weight is 415 g/mol. The minimum atomic E-state index is -0.171. The summed E-state index contributed by atoms with van der Waals surface area (Å²) in [4.78, 5) is 27.7. The Labute approximate surface area is 184 Å². The van der Waals surface area contributed by atoms with E-state index in [4.69, 9.17) is 0 Å². The lowest BCUT2D eigenvalue weighted by Gasteiger charge is -2.32. The first-order valence-electron chi connectivity index (χ1n) is 11.2. The molecule has 1 fully saturated rings. The second-order valence-electron chi connectivity index (χ2n) is 8.76. The number of likely N-dealkylation sites (tertiary alicyclic amines) is 1. The zero-order chi connectivity index (χ0) is 21.8. The van der Waals surface area contributed by atoms with Crippen LogP contribution in [0, 0.1) is 5.92 Å². The molecule has 0 bridgehead atoms. The zero-order valence-corrected chi connectivity index (χ0v) is 18.3. The quantitative estimate of drug-likeness (QED) is 0.609. The number of hydrogen-bond donors (Lipinski definition) is 1. The molecule has 1 aliphatic heterocycles. The van der Waals surface area contributed by atoms with Crippen LogP contribution in [-0.2, 0) is 16.0 Å². The van der Waals surface area contributed by atoms with Gasteiger partial charge in [-0.2, -0.15) is 0 Å². The number of benzene rings is 3. The summed E-state index contributed by atoms with van der Waals surface area (Å²) in [5.41, 5.74) is 3.11. The monoisotopic (exact) mass is 414 g/mol. The van der Waals surface area contributed by atoms with Crippen molar-refractivity contribution in [1.29, 1.82) is 0 Å². The zero-order valence-electron chi connectivity index (χ0n) is 18.3. The number of anilines is 1. The summed E-state index contributed by atoms with van der Waals surface area (Å²) in [5, 5.41) is 5.30. The fraction of sp³-hybridized carbons (Fsp3) is 0.333. The third kappa shape index (κ3) is 4.96. The van der Waals surface area contributed by atoms with E-state index in [9.17, 15) is 9.59 Å². The highest BCUT2D eigenvalue weighted by Gasteiger charge is 2.28. The highest BCUT2D eigenvalue weighted by Crippen LogP contribution is 2.23. The van der Waals surface area contributed by atoms with Gasteiger partial charge in [0, 0.05) is 18.8 Å². The highest BCUT2D eigenvalue weighted by atomic mass is 16.2. The number of rotatable bonds is 5. The first kappa shape index (κ1) is 21.1. The van der Waals surface area contributed by atoms with Gasteiger partial charge in [0.1, 0.15) is 0 Å². The lowest BCUT2D eigenvalue weighted by Crippen LogP contribution is -2.44. The molecule has 4 rings (SSSR count). The molecule has 0 aromatic heterocycles. The van der Waals surface area contributed by atoms with Crippen LogP contribution in [0.2, 0.25) is 0 Å². The SMILES string of the molecule is CC(C)c1ccc(NC(=O)[C@H]2CCCN(C(=O)Cc3cccc4ccccc34)C2)cc1. The lowest BCUT2D eigenvalue weighted by molar-refractivity contribution is -0.133. The van der Waals surface area contributed by atoms with Crippen LogP contribution < -0.4 is 5.32 Å². The molecule has 3 aromatic rings. The van der Waals surface area contributed by atoms with Gasteiger partial charge in [0.15, 0.2) is 0 Å². The van der Waals surface area contributed by atoms with E-state index in [2.05, 4.69) is 49.5 Å². The minimum Gasteiger partial charge on any atom is -0.342 e. The summed E-state index contributed by atoms with van der Waals surface area (Å²) in [6.45, 7) is 5.51. The number of piperidine rings is 1. The number of carbonyl (C=O) groups excluding carboxylic acids is 2. The predicted molar refractivity (Wildman–Crippen MR) is 126 cm³/mol.